The average Bonchev–Trinajstić information content (AvgIpc) is 2.95. The Bertz CT molecular complexity index is 1050. The molecule has 0 amide bonds. The number of fused-ring (bicyclic) bond motifs is 1. The van der Waals surface area contributed by atoms with Crippen LogP contribution >= 0.6 is 34.5 Å². The number of aromatic nitrogens is 2. The lowest BCUT2D eigenvalue weighted by atomic mass is 10.2. The van der Waals surface area contributed by atoms with Gasteiger partial charge in [-0.2, -0.15) is 0 Å². The monoisotopic (exact) mass is 408 g/mol. The smallest absolute Gasteiger partial charge is 0.348 e. The Hall–Kier alpha value is -2.15. The van der Waals surface area contributed by atoms with Crippen LogP contribution in [0.5, 0.6) is 0 Å². The molecule has 0 aliphatic heterocycles. The van der Waals surface area contributed by atoms with Gasteiger partial charge in [-0.1, -0.05) is 41.9 Å². The van der Waals surface area contributed by atoms with E-state index >= 15 is 0 Å². The lowest BCUT2D eigenvalue weighted by molar-refractivity contribution is 0.0555. The van der Waals surface area contributed by atoms with Gasteiger partial charge in [-0.25, -0.2) is 9.78 Å². The van der Waals surface area contributed by atoms with Gasteiger partial charge in [-0.15, -0.1) is 11.3 Å². The fourth-order valence-electron chi connectivity index (χ4n) is 2.52. The predicted molar refractivity (Wildman–Crippen MR) is 105 cm³/mol. The quantitative estimate of drug-likeness (QED) is 0.461. The maximum atomic E-state index is 12.9. The van der Waals surface area contributed by atoms with Crippen LogP contribution < -0.4 is 5.56 Å². The highest BCUT2D eigenvalue weighted by Gasteiger charge is 2.20. The van der Waals surface area contributed by atoms with Gasteiger partial charge in [0, 0.05) is 15.6 Å². The van der Waals surface area contributed by atoms with Crippen molar-refractivity contribution < 1.29 is 9.53 Å². The van der Waals surface area contributed by atoms with Gasteiger partial charge in [-0.05, 0) is 24.6 Å². The van der Waals surface area contributed by atoms with Crippen molar-refractivity contribution in [2.75, 3.05) is 6.61 Å². The molecule has 3 rings (SSSR count). The summed E-state index contributed by atoms with van der Waals surface area (Å²) in [6, 6.07) is 5.16. The third-order valence-electron chi connectivity index (χ3n) is 3.83. The highest BCUT2D eigenvalue weighted by atomic mass is 35.5. The van der Waals surface area contributed by atoms with Crippen molar-refractivity contribution in [3.05, 3.63) is 73.6 Å². The molecule has 0 unspecified atom stereocenters. The minimum atomic E-state index is -0.495. The molecule has 0 spiro atoms. The van der Waals surface area contributed by atoms with E-state index in [1.54, 1.807) is 25.1 Å². The molecule has 1 aromatic carbocycles. The van der Waals surface area contributed by atoms with E-state index in [2.05, 4.69) is 11.6 Å². The third-order valence-corrected chi connectivity index (χ3v) is 5.71. The fourth-order valence-corrected chi connectivity index (χ4v) is 4.07. The maximum absolute atomic E-state index is 12.9. The third kappa shape index (κ3) is 3.40. The first-order valence-electron chi connectivity index (χ1n) is 7.63. The Kier molecular flexibility index (Phi) is 5.46. The first-order chi connectivity index (χ1) is 12.4. The van der Waals surface area contributed by atoms with Gasteiger partial charge in [0.25, 0.3) is 5.56 Å². The highest BCUT2D eigenvalue weighted by molar-refractivity contribution is 7.20. The normalized spacial score (nSPS) is 10.9. The van der Waals surface area contributed by atoms with Gasteiger partial charge >= 0.3 is 5.97 Å². The molecule has 0 fully saturated rings. The molecule has 0 aliphatic rings. The van der Waals surface area contributed by atoms with E-state index in [0.29, 0.717) is 36.3 Å². The van der Waals surface area contributed by atoms with Crippen molar-refractivity contribution in [1.82, 2.24) is 9.55 Å². The van der Waals surface area contributed by atoms with E-state index in [1.807, 2.05) is 0 Å². The molecule has 8 heteroatoms. The van der Waals surface area contributed by atoms with Crippen LogP contribution in [0.4, 0.5) is 0 Å². The van der Waals surface area contributed by atoms with Crippen molar-refractivity contribution in [2.45, 2.75) is 13.5 Å². The molecule has 0 aliphatic carbocycles. The van der Waals surface area contributed by atoms with Crippen molar-refractivity contribution >= 4 is 50.7 Å². The number of benzene rings is 1. The van der Waals surface area contributed by atoms with E-state index in [0.717, 1.165) is 11.3 Å². The van der Waals surface area contributed by atoms with E-state index in [9.17, 15) is 9.59 Å². The van der Waals surface area contributed by atoms with Crippen LogP contribution in [0.25, 0.3) is 10.2 Å². The zero-order valence-corrected chi connectivity index (χ0v) is 16.1. The number of thiophene rings is 1. The van der Waals surface area contributed by atoms with Gasteiger partial charge < -0.3 is 4.74 Å². The van der Waals surface area contributed by atoms with E-state index < -0.39 is 5.97 Å². The van der Waals surface area contributed by atoms with Crippen molar-refractivity contribution in [2.24, 2.45) is 0 Å². The summed E-state index contributed by atoms with van der Waals surface area (Å²) in [5.74, 6) is -0.495. The average molecular weight is 409 g/mol. The number of hydrogen-bond donors (Lipinski definition) is 0. The van der Waals surface area contributed by atoms with E-state index in [-0.39, 0.29) is 18.7 Å². The second-order valence-electron chi connectivity index (χ2n) is 5.50. The van der Waals surface area contributed by atoms with Crippen molar-refractivity contribution in [1.29, 1.82) is 0 Å². The molecule has 0 bridgehead atoms. The van der Waals surface area contributed by atoms with Crippen LogP contribution in [0.1, 0.15) is 20.8 Å². The molecule has 0 N–H and O–H groups in total. The van der Waals surface area contributed by atoms with Crippen LogP contribution in [-0.2, 0) is 11.3 Å². The lowest BCUT2D eigenvalue weighted by Gasteiger charge is -2.09. The minimum absolute atomic E-state index is 0.106. The summed E-state index contributed by atoms with van der Waals surface area (Å²) in [6.45, 7) is 5.51. The maximum Gasteiger partial charge on any atom is 0.348 e. The molecule has 0 saturated heterocycles. The highest BCUT2D eigenvalue weighted by Crippen LogP contribution is 2.28. The second kappa shape index (κ2) is 7.61. The van der Waals surface area contributed by atoms with Gasteiger partial charge in [0.2, 0.25) is 0 Å². The van der Waals surface area contributed by atoms with Gasteiger partial charge in [0.05, 0.1) is 18.3 Å². The molecular formula is C18H14Cl2N2O3S. The minimum Gasteiger partial charge on any atom is -0.457 e. The lowest BCUT2D eigenvalue weighted by Crippen LogP contribution is -2.21. The van der Waals surface area contributed by atoms with Crippen LogP contribution in [0.3, 0.4) is 0 Å². The fraction of sp³-hybridized carbons (Fsp3) is 0.167. The standard InChI is InChI=1S/C18H14Cl2N2O3S/c1-3-7-25-18(24)15-10(2)14-16(26-15)21-9-22(17(14)23)8-11-12(19)5-4-6-13(11)20/h3-6,9H,1,7-8H2,2H3. The Balaban J connectivity index is 2.06. The molecule has 0 radical (unpaired) electrons. The molecule has 134 valence electrons. The summed E-state index contributed by atoms with van der Waals surface area (Å²) < 4.78 is 6.49. The Morgan fingerprint density at radius 2 is 2.08 bits per heavy atom. The number of halogens is 2. The summed E-state index contributed by atoms with van der Waals surface area (Å²) in [5, 5.41) is 1.34. The SMILES string of the molecule is C=CCOC(=O)c1sc2ncn(Cc3c(Cl)cccc3Cl)c(=O)c2c1C. The van der Waals surface area contributed by atoms with Crippen LogP contribution in [0.15, 0.2) is 42.0 Å². The first-order valence-corrected chi connectivity index (χ1v) is 9.20. The van der Waals surface area contributed by atoms with Crippen LogP contribution in [0.2, 0.25) is 10.0 Å². The van der Waals surface area contributed by atoms with Crippen molar-refractivity contribution in [3.8, 4) is 0 Å². The first kappa shape index (κ1) is 18.6. The number of carbonyl (C=O) groups is 1. The molecule has 26 heavy (non-hydrogen) atoms. The number of esters is 1. The Labute approximate surface area is 163 Å². The summed E-state index contributed by atoms with van der Waals surface area (Å²) >= 11 is 13.5. The van der Waals surface area contributed by atoms with Gasteiger partial charge in [-0.3, -0.25) is 9.36 Å². The largest absolute Gasteiger partial charge is 0.457 e. The molecule has 5 nitrogen and oxygen atoms in total. The molecular weight excluding hydrogens is 395 g/mol. The molecule has 0 atom stereocenters. The summed E-state index contributed by atoms with van der Waals surface area (Å²) in [4.78, 5) is 30.2. The molecule has 3 aromatic rings. The zero-order chi connectivity index (χ0) is 18.8. The number of hydrogen-bond acceptors (Lipinski definition) is 5. The van der Waals surface area contributed by atoms with Gasteiger partial charge in [0.15, 0.2) is 0 Å². The zero-order valence-electron chi connectivity index (χ0n) is 13.8. The number of aryl methyl sites for hydroxylation is 1. The summed E-state index contributed by atoms with van der Waals surface area (Å²) in [5.41, 5.74) is 0.927. The molecule has 0 saturated carbocycles. The second-order valence-corrected chi connectivity index (χ2v) is 7.31. The number of nitrogens with zero attached hydrogens (tertiary/aromatic N) is 2. The Morgan fingerprint density at radius 3 is 2.73 bits per heavy atom. The number of carbonyl (C=O) groups excluding carboxylic acids is 1. The molecule has 2 aromatic heterocycles. The number of ether oxygens (including phenoxy) is 1. The topological polar surface area (TPSA) is 61.2 Å². The van der Waals surface area contributed by atoms with E-state index in [1.165, 1.54) is 17.0 Å². The van der Waals surface area contributed by atoms with Crippen LogP contribution in [-0.4, -0.2) is 22.1 Å². The summed E-state index contributed by atoms with van der Waals surface area (Å²) in [6.07, 6.45) is 2.91. The van der Waals surface area contributed by atoms with Crippen molar-refractivity contribution in [3.63, 3.8) is 0 Å². The number of rotatable bonds is 5. The molecule has 2 heterocycles. The predicted octanol–water partition coefficient (Wildman–Crippen LogP) is 4.46. The van der Waals surface area contributed by atoms with Crippen LogP contribution in [0, 0.1) is 6.92 Å². The van der Waals surface area contributed by atoms with Gasteiger partial charge in [0.1, 0.15) is 16.3 Å². The Morgan fingerprint density at radius 1 is 1.38 bits per heavy atom. The van der Waals surface area contributed by atoms with E-state index in [4.69, 9.17) is 27.9 Å². The summed E-state index contributed by atoms with van der Waals surface area (Å²) in [7, 11) is 0.